The van der Waals surface area contributed by atoms with Crippen LogP contribution in [0.1, 0.15) is 12.5 Å². The van der Waals surface area contributed by atoms with Crippen LogP contribution in [-0.2, 0) is 15.8 Å². The highest BCUT2D eigenvalue weighted by Gasteiger charge is 2.15. The molecule has 0 aliphatic rings. The molecule has 6 nitrogen and oxygen atoms in total. The number of carbonyl (C=O) groups is 1. The van der Waals surface area contributed by atoms with Crippen molar-refractivity contribution in [1.82, 2.24) is 5.32 Å². The Bertz CT molecular complexity index is 425. The molecule has 0 bridgehead atoms. The van der Waals surface area contributed by atoms with Crippen LogP contribution in [0.4, 0.5) is 0 Å². The molecule has 0 radical (unpaired) electrons. The Hall–Kier alpha value is -1.36. The Balaban J connectivity index is 2.50. The number of phosphoric acid groups is 1. The topological polar surface area (TPSA) is 95.9 Å². The lowest BCUT2D eigenvalue weighted by molar-refractivity contribution is -0.118. The van der Waals surface area contributed by atoms with Gasteiger partial charge in [-0.25, -0.2) is 4.57 Å². The minimum Gasteiger partial charge on any atom is -0.404 e. The number of carbonyl (C=O) groups excluding carboxylic acids is 1. The van der Waals surface area contributed by atoms with Crippen molar-refractivity contribution in [3.05, 3.63) is 29.8 Å². The number of benzene rings is 1. The number of rotatable bonds is 5. The van der Waals surface area contributed by atoms with Gasteiger partial charge in [-0.15, -0.1) is 0 Å². The highest BCUT2D eigenvalue weighted by molar-refractivity contribution is 7.46. The summed E-state index contributed by atoms with van der Waals surface area (Å²) in [4.78, 5) is 27.8. The quantitative estimate of drug-likeness (QED) is 0.681. The van der Waals surface area contributed by atoms with Crippen molar-refractivity contribution < 1.29 is 23.7 Å². The summed E-state index contributed by atoms with van der Waals surface area (Å²) in [6, 6.07) is 6.32. The van der Waals surface area contributed by atoms with Crippen LogP contribution in [0, 0.1) is 0 Å². The maximum atomic E-state index is 10.6. The average Bonchev–Trinajstić information content (AvgIpc) is 2.18. The largest absolute Gasteiger partial charge is 0.524 e. The molecule has 0 fully saturated rings. The number of nitrogens with one attached hydrogen (secondary N) is 1. The molecule has 0 aliphatic heterocycles. The molecule has 94 valence electrons. The summed E-state index contributed by atoms with van der Waals surface area (Å²) >= 11 is 0. The number of hydrogen-bond acceptors (Lipinski definition) is 3. The first-order valence-electron chi connectivity index (χ1n) is 4.95. The second-order valence-corrected chi connectivity index (χ2v) is 4.62. The van der Waals surface area contributed by atoms with Crippen LogP contribution < -0.4 is 9.84 Å². The smallest absolute Gasteiger partial charge is 0.404 e. The summed E-state index contributed by atoms with van der Waals surface area (Å²) in [6.45, 7) is 1.96. The van der Waals surface area contributed by atoms with Gasteiger partial charge in [0.25, 0.3) is 0 Å². The molecule has 0 aliphatic carbocycles. The summed E-state index contributed by atoms with van der Waals surface area (Å²) < 4.78 is 15.0. The molecular formula is C10H14NO5P. The van der Waals surface area contributed by atoms with Crippen molar-refractivity contribution in [2.45, 2.75) is 13.3 Å². The molecule has 1 aromatic rings. The molecule has 0 heterocycles. The third-order valence-corrected chi connectivity index (χ3v) is 2.38. The van der Waals surface area contributed by atoms with Gasteiger partial charge < -0.3 is 9.84 Å². The highest BCUT2D eigenvalue weighted by Crippen LogP contribution is 2.37. The van der Waals surface area contributed by atoms with Crippen LogP contribution in [0.5, 0.6) is 5.75 Å². The zero-order chi connectivity index (χ0) is 12.9. The summed E-state index contributed by atoms with van der Waals surface area (Å²) in [5.41, 5.74) is 0.941. The van der Waals surface area contributed by atoms with Crippen LogP contribution in [0.25, 0.3) is 0 Å². The predicted octanol–water partition coefficient (Wildman–Crippen LogP) is 0.837. The third-order valence-electron chi connectivity index (χ3n) is 1.94. The molecule has 0 saturated carbocycles. The predicted molar refractivity (Wildman–Crippen MR) is 61.5 cm³/mol. The van der Waals surface area contributed by atoms with Gasteiger partial charge in [0.05, 0.1) is 0 Å². The summed E-state index contributed by atoms with van der Waals surface area (Å²) in [6.07, 6.45) is 0.649. The Morgan fingerprint density at radius 1 is 1.35 bits per heavy atom. The monoisotopic (exact) mass is 259 g/mol. The van der Waals surface area contributed by atoms with E-state index >= 15 is 0 Å². The van der Waals surface area contributed by atoms with Gasteiger partial charge in [0, 0.05) is 13.5 Å². The van der Waals surface area contributed by atoms with Gasteiger partial charge in [-0.2, -0.15) is 0 Å². The molecule has 1 rings (SSSR count). The Morgan fingerprint density at radius 3 is 2.41 bits per heavy atom. The molecule has 3 N–H and O–H groups in total. The number of hydrogen-bond donors (Lipinski definition) is 3. The third kappa shape index (κ3) is 6.06. The van der Waals surface area contributed by atoms with Gasteiger partial charge in [0.1, 0.15) is 5.75 Å². The van der Waals surface area contributed by atoms with Crippen LogP contribution in [0.15, 0.2) is 24.3 Å². The molecule has 17 heavy (non-hydrogen) atoms. The standard InChI is InChI=1S/C10H14NO5P/c1-8(12)11-7-6-9-2-4-10(5-3-9)16-17(13,14)15/h2-5H,6-7H2,1H3,(H,11,12)(H2,13,14,15). The normalized spacial score (nSPS) is 11.0. The van der Waals surface area contributed by atoms with E-state index in [-0.39, 0.29) is 11.7 Å². The van der Waals surface area contributed by atoms with E-state index in [4.69, 9.17) is 9.79 Å². The van der Waals surface area contributed by atoms with E-state index in [9.17, 15) is 9.36 Å². The van der Waals surface area contributed by atoms with Crippen molar-refractivity contribution in [2.24, 2.45) is 0 Å². The molecular weight excluding hydrogens is 245 g/mol. The zero-order valence-corrected chi connectivity index (χ0v) is 10.2. The molecule has 0 spiro atoms. The second kappa shape index (κ2) is 5.82. The van der Waals surface area contributed by atoms with Gasteiger partial charge >= 0.3 is 7.82 Å². The van der Waals surface area contributed by atoms with Gasteiger partial charge in [-0.05, 0) is 24.1 Å². The average molecular weight is 259 g/mol. The first kappa shape index (κ1) is 13.7. The van der Waals surface area contributed by atoms with E-state index < -0.39 is 7.82 Å². The Morgan fingerprint density at radius 2 is 1.94 bits per heavy atom. The van der Waals surface area contributed by atoms with Crippen molar-refractivity contribution in [3.63, 3.8) is 0 Å². The molecule has 1 aromatic carbocycles. The lowest BCUT2D eigenvalue weighted by Crippen LogP contribution is -2.22. The second-order valence-electron chi connectivity index (χ2n) is 3.46. The zero-order valence-electron chi connectivity index (χ0n) is 9.29. The fourth-order valence-corrected chi connectivity index (χ4v) is 1.63. The Kier molecular flexibility index (Phi) is 4.69. The van der Waals surface area contributed by atoms with E-state index in [1.54, 1.807) is 12.1 Å². The van der Waals surface area contributed by atoms with Gasteiger partial charge in [0.15, 0.2) is 0 Å². The van der Waals surface area contributed by atoms with E-state index in [2.05, 4.69) is 9.84 Å². The van der Waals surface area contributed by atoms with Gasteiger partial charge in [-0.1, -0.05) is 12.1 Å². The van der Waals surface area contributed by atoms with E-state index in [1.807, 2.05) is 0 Å². The van der Waals surface area contributed by atoms with Crippen molar-refractivity contribution in [2.75, 3.05) is 6.54 Å². The summed E-state index contributed by atoms with van der Waals surface area (Å²) in [7, 11) is -4.49. The first-order valence-corrected chi connectivity index (χ1v) is 6.48. The summed E-state index contributed by atoms with van der Waals surface area (Å²) in [5, 5.41) is 2.65. The van der Waals surface area contributed by atoms with Crippen molar-refractivity contribution in [1.29, 1.82) is 0 Å². The SMILES string of the molecule is CC(=O)NCCc1ccc(OP(=O)(O)O)cc1. The molecule has 0 saturated heterocycles. The van der Waals surface area contributed by atoms with Crippen molar-refractivity contribution in [3.8, 4) is 5.75 Å². The van der Waals surface area contributed by atoms with Crippen LogP contribution in [-0.4, -0.2) is 22.2 Å². The maximum Gasteiger partial charge on any atom is 0.524 e. The lowest BCUT2D eigenvalue weighted by atomic mass is 10.1. The van der Waals surface area contributed by atoms with Gasteiger partial charge in [0.2, 0.25) is 5.91 Å². The fraction of sp³-hybridized carbons (Fsp3) is 0.300. The van der Waals surface area contributed by atoms with E-state index in [1.165, 1.54) is 19.1 Å². The molecule has 0 unspecified atom stereocenters. The molecule has 0 atom stereocenters. The van der Waals surface area contributed by atoms with Crippen molar-refractivity contribution >= 4 is 13.7 Å². The lowest BCUT2D eigenvalue weighted by Gasteiger charge is -2.07. The first-order chi connectivity index (χ1) is 7.87. The number of phosphoric ester groups is 1. The minimum absolute atomic E-state index is 0.0912. The maximum absolute atomic E-state index is 10.6. The van der Waals surface area contributed by atoms with Crippen LogP contribution >= 0.6 is 7.82 Å². The highest BCUT2D eigenvalue weighted by atomic mass is 31.2. The molecule has 1 amide bonds. The van der Waals surface area contributed by atoms with Crippen LogP contribution in [0.3, 0.4) is 0 Å². The van der Waals surface area contributed by atoms with Gasteiger partial charge in [-0.3, -0.25) is 14.6 Å². The molecule has 0 aromatic heterocycles. The fourth-order valence-electron chi connectivity index (χ4n) is 1.24. The minimum atomic E-state index is -4.49. The van der Waals surface area contributed by atoms with Crippen LogP contribution in [0.2, 0.25) is 0 Å². The Labute approximate surface area is 98.9 Å². The van der Waals surface area contributed by atoms with E-state index in [0.717, 1.165) is 5.56 Å². The molecule has 7 heteroatoms. The summed E-state index contributed by atoms with van der Waals surface area (Å²) in [5.74, 6) is 0.0214. The van der Waals surface area contributed by atoms with E-state index in [0.29, 0.717) is 13.0 Å². The number of amides is 1.